The Morgan fingerprint density at radius 1 is 1.56 bits per heavy atom. The van der Waals surface area contributed by atoms with Crippen LogP contribution in [0.4, 0.5) is 16.2 Å². The number of hydrogen-bond acceptors (Lipinski definition) is 5. The number of likely N-dealkylation sites (N-methyl/N-ethyl adjacent to an activating group) is 1. The van der Waals surface area contributed by atoms with Crippen LogP contribution >= 0.6 is 0 Å². The highest BCUT2D eigenvalue weighted by atomic mass is 19.1. The zero-order valence-corrected chi connectivity index (χ0v) is 11.0. The molecule has 1 rings (SSSR count). The highest BCUT2D eigenvalue weighted by molar-refractivity contribution is 5.81. The van der Waals surface area contributed by atoms with Crippen molar-refractivity contribution in [3.8, 4) is 0 Å². The lowest BCUT2D eigenvalue weighted by Crippen LogP contribution is -2.39. The first-order valence-electron chi connectivity index (χ1n) is 5.64. The molecule has 0 aliphatic carbocycles. The largest absolute Gasteiger partial charge is 0.357 e. The van der Waals surface area contributed by atoms with E-state index >= 15 is 0 Å². The SMILES string of the molecule is CNc1ncc(F)c(N(C)CC(=O)NC(C)C)n1. The van der Waals surface area contributed by atoms with Gasteiger partial charge in [0.05, 0.1) is 12.7 Å². The maximum atomic E-state index is 13.5. The molecule has 1 aromatic heterocycles. The number of nitrogens with one attached hydrogen (secondary N) is 2. The van der Waals surface area contributed by atoms with Gasteiger partial charge in [-0.15, -0.1) is 0 Å². The first kappa shape index (κ1) is 14.1. The van der Waals surface area contributed by atoms with E-state index in [1.807, 2.05) is 13.8 Å². The molecule has 0 saturated carbocycles. The highest BCUT2D eigenvalue weighted by Crippen LogP contribution is 2.15. The molecule has 0 spiro atoms. The standard InChI is InChI=1S/C11H18FN5O/c1-7(2)15-9(18)6-17(4)10-8(12)5-14-11(13-3)16-10/h5,7H,6H2,1-4H3,(H,15,18)(H,13,14,16). The minimum absolute atomic E-state index is 0.0370. The predicted molar refractivity (Wildman–Crippen MR) is 68.1 cm³/mol. The summed E-state index contributed by atoms with van der Waals surface area (Å²) in [7, 11) is 3.24. The topological polar surface area (TPSA) is 70.2 Å². The predicted octanol–water partition coefficient (Wildman–Crippen LogP) is 0.618. The third kappa shape index (κ3) is 3.83. The van der Waals surface area contributed by atoms with Gasteiger partial charge < -0.3 is 15.5 Å². The van der Waals surface area contributed by atoms with Crippen molar-refractivity contribution in [2.45, 2.75) is 19.9 Å². The molecule has 2 N–H and O–H groups in total. The Hall–Kier alpha value is -1.92. The van der Waals surface area contributed by atoms with Crippen molar-refractivity contribution in [3.63, 3.8) is 0 Å². The van der Waals surface area contributed by atoms with Crippen LogP contribution in [-0.4, -0.2) is 42.6 Å². The monoisotopic (exact) mass is 255 g/mol. The van der Waals surface area contributed by atoms with Crippen molar-refractivity contribution in [1.29, 1.82) is 0 Å². The molecule has 0 aliphatic heterocycles. The fourth-order valence-electron chi connectivity index (χ4n) is 1.40. The second-order valence-electron chi connectivity index (χ2n) is 4.19. The summed E-state index contributed by atoms with van der Waals surface area (Å²) in [6.07, 6.45) is 1.07. The van der Waals surface area contributed by atoms with Gasteiger partial charge in [-0.05, 0) is 13.8 Å². The summed E-state index contributed by atoms with van der Waals surface area (Å²) >= 11 is 0. The third-order valence-electron chi connectivity index (χ3n) is 2.14. The zero-order chi connectivity index (χ0) is 13.7. The highest BCUT2D eigenvalue weighted by Gasteiger charge is 2.14. The first-order chi connectivity index (χ1) is 8.43. The summed E-state index contributed by atoms with van der Waals surface area (Å²) in [5.41, 5.74) is 0. The summed E-state index contributed by atoms with van der Waals surface area (Å²) in [6, 6.07) is 0.0500. The fourth-order valence-corrected chi connectivity index (χ4v) is 1.40. The van der Waals surface area contributed by atoms with Gasteiger partial charge in [0.15, 0.2) is 11.6 Å². The average molecular weight is 255 g/mol. The fraction of sp³-hybridized carbons (Fsp3) is 0.545. The minimum Gasteiger partial charge on any atom is -0.357 e. The number of amides is 1. The summed E-state index contributed by atoms with van der Waals surface area (Å²) < 4.78 is 13.5. The number of rotatable bonds is 5. The Labute approximate surface area is 106 Å². The lowest BCUT2D eigenvalue weighted by Gasteiger charge is -2.19. The Kier molecular flexibility index (Phi) is 4.82. The van der Waals surface area contributed by atoms with E-state index in [4.69, 9.17) is 0 Å². The minimum atomic E-state index is -0.561. The quantitative estimate of drug-likeness (QED) is 0.807. The van der Waals surface area contributed by atoms with E-state index < -0.39 is 5.82 Å². The molecule has 0 fully saturated rings. The molecule has 1 aromatic rings. The molecule has 7 heteroatoms. The van der Waals surface area contributed by atoms with Crippen LogP contribution < -0.4 is 15.5 Å². The van der Waals surface area contributed by atoms with Gasteiger partial charge in [-0.1, -0.05) is 0 Å². The van der Waals surface area contributed by atoms with E-state index in [0.29, 0.717) is 5.95 Å². The number of hydrogen-bond donors (Lipinski definition) is 2. The van der Waals surface area contributed by atoms with Crippen LogP contribution in [0.25, 0.3) is 0 Å². The summed E-state index contributed by atoms with van der Waals surface area (Å²) in [6.45, 7) is 3.76. The Morgan fingerprint density at radius 2 is 2.22 bits per heavy atom. The van der Waals surface area contributed by atoms with E-state index in [1.165, 1.54) is 4.90 Å². The van der Waals surface area contributed by atoms with E-state index in [2.05, 4.69) is 20.6 Å². The van der Waals surface area contributed by atoms with Gasteiger partial charge in [0, 0.05) is 20.1 Å². The molecule has 0 bridgehead atoms. The van der Waals surface area contributed by atoms with Crippen LogP contribution in [0.3, 0.4) is 0 Å². The maximum absolute atomic E-state index is 13.5. The first-order valence-corrected chi connectivity index (χ1v) is 5.64. The Morgan fingerprint density at radius 3 is 2.78 bits per heavy atom. The molecule has 6 nitrogen and oxygen atoms in total. The van der Waals surface area contributed by atoms with Crippen LogP contribution in [0.15, 0.2) is 6.20 Å². The lowest BCUT2D eigenvalue weighted by molar-refractivity contribution is -0.120. The van der Waals surface area contributed by atoms with Crippen LogP contribution in [-0.2, 0) is 4.79 Å². The number of carbonyl (C=O) groups excluding carboxylic acids is 1. The van der Waals surface area contributed by atoms with Crippen molar-refractivity contribution < 1.29 is 9.18 Å². The van der Waals surface area contributed by atoms with Crippen molar-refractivity contribution in [2.24, 2.45) is 0 Å². The van der Waals surface area contributed by atoms with E-state index in [9.17, 15) is 9.18 Å². The van der Waals surface area contributed by atoms with Crippen molar-refractivity contribution in [2.75, 3.05) is 30.9 Å². The lowest BCUT2D eigenvalue weighted by atomic mass is 10.3. The van der Waals surface area contributed by atoms with Gasteiger partial charge in [-0.3, -0.25) is 4.79 Å². The summed E-state index contributed by atoms with van der Waals surface area (Å²) in [5.74, 6) is -0.346. The van der Waals surface area contributed by atoms with E-state index in [0.717, 1.165) is 6.20 Å². The van der Waals surface area contributed by atoms with Crippen molar-refractivity contribution in [3.05, 3.63) is 12.0 Å². The maximum Gasteiger partial charge on any atom is 0.239 e. The van der Waals surface area contributed by atoms with Gasteiger partial charge in [0.1, 0.15) is 0 Å². The molecular weight excluding hydrogens is 237 g/mol. The van der Waals surface area contributed by atoms with Gasteiger partial charge >= 0.3 is 0 Å². The molecule has 18 heavy (non-hydrogen) atoms. The number of nitrogens with zero attached hydrogens (tertiary/aromatic N) is 3. The van der Waals surface area contributed by atoms with Gasteiger partial charge in [0.2, 0.25) is 11.9 Å². The summed E-state index contributed by atoms with van der Waals surface area (Å²) in [5, 5.41) is 5.45. The molecule has 1 amide bonds. The van der Waals surface area contributed by atoms with E-state index in [-0.39, 0.29) is 24.3 Å². The molecule has 0 aliphatic rings. The molecule has 0 radical (unpaired) electrons. The van der Waals surface area contributed by atoms with Gasteiger partial charge in [-0.25, -0.2) is 9.37 Å². The second-order valence-corrected chi connectivity index (χ2v) is 4.19. The molecular formula is C11H18FN5O. The van der Waals surface area contributed by atoms with Crippen LogP contribution in [0, 0.1) is 5.82 Å². The molecule has 0 saturated heterocycles. The molecule has 0 unspecified atom stereocenters. The van der Waals surface area contributed by atoms with Gasteiger partial charge in [0.25, 0.3) is 0 Å². The number of carbonyl (C=O) groups is 1. The van der Waals surface area contributed by atoms with Gasteiger partial charge in [-0.2, -0.15) is 4.98 Å². The average Bonchev–Trinajstić information content (AvgIpc) is 2.28. The normalized spacial score (nSPS) is 10.3. The smallest absolute Gasteiger partial charge is 0.239 e. The number of halogens is 1. The molecule has 0 aromatic carbocycles. The van der Waals surface area contributed by atoms with Crippen molar-refractivity contribution >= 4 is 17.7 Å². The third-order valence-corrected chi connectivity index (χ3v) is 2.14. The Bertz CT molecular complexity index is 424. The molecule has 100 valence electrons. The van der Waals surface area contributed by atoms with Crippen LogP contribution in [0.5, 0.6) is 0 Å². The number of anilines is 2. The second kappa shape index (κ2) is 6.13. The Balaban J connectivity index is 2.77. The van der Waals surface area contributed by atoms with E-state index in [1.54, 1.807) is 14.1 Å². The number of aromatic nitrogens is 2. The van der Waals surface area contributed by atoms with Crippen LogP contribution in [0.1, 0.15) is 13.8 Å². The van der Waals surface area contributed by atoms with Crippen molar-refractivity contribution in [1.82, 2.24) is 15.3 Å². The summed E-state index contributed by atoms with van der Waals surface area (Å²) in [4.78, 5) is 20.7. The zero-order valence-electron chi connectivity index (χ0n) is 11.0. The molecule has 0 atom stereocenters. The molecule has 1 heterocycles. The van der Waals surface area contributed by atoms with Crippen LogP contribution in [0.2, 0.25) is 0 Å².